The van der Waals surface area contributed by atoms with E-state index in [4.69, 9.17) is 13.9 Å². The number of aliphatic hydroxyl groups excluding tert-OH is 1. The Labute approximate surface area is 140 Å². The van der Waals surface area contributed by atoms with Crippen molar-refractivity contribution in [1.29, 1.82) is 0 Å². The number of carbonyl (C=O) groups is 1. The number of hydrogen-bond acceptors (Lipinski definition) is 5. The second-order valence-electron chi connectivity index (χ2n) is 5.73. The Morgan fingerprint density at radius 3 is 2.71 bits per heavy atom. The average molecular weight is 331 g/mol. The highest BCUT2D eigenvalue weighted by Crippen LogP contribution is 2.39. The topological polar surface area (TPSA) is 72.1 Å². The van der Waals surface area contributed by atoms with Gasteiger partial charge < -0.3 is 23.9 Å². The van der Waals surface area contributed by atoms with Gasteiger partial charge in [0.1, 0.15) is 23.4 Å². The van der Waals surface area contributed by atoms with Gasteiger partial charge in [0.2, 0.25) is 5.91 Å². The molecule has 1 atom stereocenters. The maximum absolute atomic E-state index is 12.5. The molecule has 0 radical (unpaired) electrons. The first-order chi connectivity index (χ1) is 11.6. The van der Waals surface area contributed by atoms with E-state index in [1.54, 1.807) is 43.6 Å². The van der Waals surface area contributed by atoms with Crippen LogP contribution in [-0.4, -0.2) is 36.7 Å². The second-order valence-corrected chi connectivity index (χ2v) is 5.73. The summed E-state index contributed by atoms with van der Waals surface area (Å²) in [5, 5.41) is 10.5. The first-order valence-electron chi connectivity index (χ1n) is 7.86. The van der Waals surface area contributed by atoms with Crippen molar-refractivity contribution in [2.24, 2.45) is 0 Å². The molecule has 2 aromatic rings. The molecule has 0 aliphatic carbocycles. The molecule has 6 heteroatoms. The minimum atomic E-state index is -0.800. The maximum Gasteiger partial charge on any atom is 0.223 e. The van der Waals surface area contributed by atoms with E-state index in [0.717, 1.165) is 11.3 Å². The summed E-state index contributed by atoms with van der Waals surface area (Å²) in [4.78, 5) is 14.2. The van der Waals surface area contributed by atoms with E-state index < -0.39 is 6.10 Å². The Balaban J connectivity index is 1.79. The summed E-state index contributed by atoms with van der Waals surface area (Å²) in [5.41, 5.74) is 1.49. The number of furan rings is 1. The minimum absolute atomic E-state index is 0.0269. The smallest absolute Gasteiger partial charge is 0.223 e. The molecule has 128 valence electrons. The van der Waals surface area contributed by atoms with Gasteiger partial charge in [0, 0.05) is 30.5 Å². The Hall–Kier alpha value is -2.47. The van der Waals surface area contributed by atoms with Gasteiger partial charge >= 0.3 is 0 Å². The Bertz CT molecular complexity index is 710. The molecule has 1 N–H and O–H groups in total. The molecule has 24 heavy (non-hydrogen) atoms. The molecule has 1 aromatic heterocycles. The van der Waals surface area contributed by atoms with Crippen LogP contribution >= 0.6 is 0 Å². The highest BCUT2D eigenvalue weighted by molar-refractivity contribution is 5.77. The zero-order valence-corrected chi connectivity index (χ0v) is 13.8. The number of aliphatic hydroxyl groups is 1. The van der Waals surface area contributed by atoms with Crippen molar-refractivity contribution in [3.63, 3.8) is 0 Å². The largest absolute Gasteiger partial charge is 0.496 e. The number of rotatable bonds is 5. The molecule has 3 rings (SSSR count). The number of nitrogens with zero attached hydrogens (tertiary/aromatic N) is 1. The number of carbonyl (C=O) groups excluding carboxylic acids is 1. The quantitative estimate of drug-likeness (QED) is 0.910. The van der Waals surface area contributed by atoms with Gasteiger partial charge in [-0.3, -0.25) is 4.79 Å². The SMILES string of the molecule is COc1ccc(OC)c2c1CN(C(=O)CCc1ccco1)CC2O. The fourth-order valence-corrected chi connectivity index (χ4v) is 3.11. The van der Waals surface area contributed by atoms with Crippen molar-refractivity contribution in [3.05, 3.63) is 47.4 Å². The van der Waals surface area contributed by atoms with Crippen LogP contribution in [0.3, 0.4) is 0 Å². The number of amides is 1. The molecular weight excluding hydrogens is 310 g/mol. The number of methoxy groups -OCH3 is 2. The Morgan fingerprint density at radius 1 is 1.29 bits per heavy atom. The summed E-state index contributed by atoms with van der Waals surface area (Å²) >= 11 is 0. The van der Waals surface area contributed by atoms with Crippen LogP contribution in [0, 0.1) is 0 Å². The highest BCUT2D eigenvalue weighted by Gasteiger charge is 2.31. The first-order valence-corrected chi connectivity index (χ1v) is 7.86. The number of ether oxygens (including phenoxy) is 2. The van der Waals surface area contributed by atoms with E-state index in [9.17, 15) is 9.90 Å². The average Bonchev–Trinajstić information content (AvgIpc) is 3.12. The Morgan fingerprint density at radius 2 is 2.04 bits per heavy atom. The van der Waals surface area contributed by atoms with Crippen LogP contribution in [-0.2, 0) is 17.8 Å². The summed E-state index contributed by atoms with van der Waals surface area (Å²) < 4.78 is 16.0. The summed E-state index contributed by atoms with van der Waals surface area (Å²) in [5.74, 6) is 2.01. The van der Waals surface area contributed by atoms with E-state index in [-0.39, 0.29) is 12.5 Å². The van der Waals surface area contributed by atoms with E-state index >= 15 is 0 Å². The van der Waals surface area contributed by atoms with Gasteiger partial charge in [0.05, 0.1) is 27.0 Å². The third kappa shape index (κ3) is 3.10. The third-order valence-corrected chi connectivity index (χ3v) is 4.31. The summed E-state index contributed by atoms with van der Waals surface area (Å²) in [7, 11) is 3.14. The van der Waals surface area contributed by atoms with Crippen molar-refractivity contribution in [3.8, 4) is 11.5 Å². The van der Waals surface area contributed by atoms with Gasteiger partial charge in [-0.2, -0.15) is 0 Å². The lowest BCUT2D eigenvalue weighted by Crippen LogP contribution is -2.38. The predicted molar refractivity (Wildman–Crippen MR) is 87.0 cm³/mol. The van der Waals surface area contributed by atoms with Crippen LogP contribution in [0.2, 0.25) is 0 Å². The number of fused-ring (bicyclic) bond motifs is 1. The van der Waals surface area contributed by atoms with Crippen molar-refractivity contribution >= 4 is 5.91 Å². The van der Waals surface area contributed by atoms with Gasteiger partial charge in [-0.05, 0) is 24.3 Å². The molecule has 6 nitrogen and oxygen atoms in total. The fraction of sp³-hybridized carbons (Fsp3) is 0.389. The number of hydrogen-bond donors (Lipinski definition) is 1. The zero-order chi connectivity index (χ0) is 17.1. The van der Waals surface area contributed by atoms with Crippen LogP contribution in [0.4, 0.5) is 0 Å². The van der Waals surface area contributed by atoms with Crippen LogP contribution in [0.15, 0.2) is 34.9 Å². The van der Waals surface area contributed by atoms with E-state index in [0.29, 0.717) is 36.4 Å². The van der Waals surface area contributed by atoms with Crippen molar-refractivity contribution in [2.45, 2.75) is 25.5 Å². The molecule has 1 aromatic carbocycles. The first kappa shape index (κ1) is 16.4. The lowest BCUT2D eigenvalue weighted by Gasteiger charge is -2.34. The number of aryl methyl sites for hydroxylation is 1. The molecule has 1 aliphatic rings. The third-order valence-electron chi connectivity index (χ3n) is 4.31. The van der Waals surface area contributed by atoms with Crippen LogP contribution in [0.1, 0.15) is 29.4 Å². The van der Waals surface area contributed by atoms with Crippen molar-refractivity contribution in [1.82, 2.24) is 4.90 Å². The van der Waals surface area contributed by atoms with Crippen LogP contribution in [0.25, 0.3) is 0 Å². The highest BCUT2D eigenvalue weighted by atomic mass is 16.5. The molecular formula is C18H21NO5. The van der Waals surface area contributed by atoms with Gasteiger partial charge in [-0.15, -0.1) is 0 Å². The van der Waals surface area contributed by atoms with Crippen LogP contribution in [0.5, 0.6) is 11.5 Å². The van der Waals surface area contributed by atoms with E-state index in [2.05, 4.69) is 0 Å². The minimum Gasteiger partial charge on any atom is -0.496 e. The molecule has 0 saturated heterocycles. The normalized spacial score (nSPS) is 16.6. The fourth-order valence-electron chi connectivity index (χ4n) is 3.11. The molecule has 2 heterocycles. The molecule has 1 unspecified atom stereocenters. The zero-order valence-electron chi connectivity index (χ0n) is 13.8. The summed E-state index contributed by atoms with van der Waals surface area (Å²) in [6.45, 7) is 0.636. The molecule has 0 spiro atoms. The van der Waals surface area contributed by atoms with Crippen LogP contribution < -0.4 is 9.47 Å². The van der Waals surface area contributed by atoms with Gasteiger partial charge in [-0.1, -0.05) is 0 Å². The summed E-state index contributed by atoms with van der Waals surface area (Å²) in [6.07, 6.45) is 1.67. The second kappa shape index (κ2) is 6.97. The predicted octanol–water partition coefficient (Wildman–Crippen LogP) is 2.31. The standard InChI is InChI=1S/C18H21NO5/c1-22-15-6-7-16(23-2)18-13(15)10-19(11-14(18)20)17(21)8-5-12-4-3-9-24-12/h3-4,6-7,9,14,20H,5,8,10-11H2,1-2H3. The number of benzene rings is 1. The number of β-amino-alcohol motifs (C(OH)–C–C–N with tert-alkyl or cyclic N) is 1. The Kier molecular flexibility index (Phi) is 4.76. The van der Waals surface area contributed by atoms with Crippen molar-refractivity contribution < 1.29 is 23.8 Å². The van der Waals surface area contributed by atoms with E-state index in [1.807, 2.05) is 6.07 Å². The molecule has 1 aliphatic heterocycles. The van der Waals surface area contributed by atoms with E-state index in [1.165, 1.54) is 0 Å². The van der Waals surface area contributed by atoms with Gasteiger partial charge in [0.25, 0.3) is 0 Å². The van der Waals surface area contributed by atoms with Crippen molar-refractivity contribution in [2.75, 3.05) is 20.8 Å². The lowest BCUT2D eigenvalue weighted by molar-refractivity contribution is -0.134. The molecule has 0 bridgehead atoms. The maximum atomic E-state index is 12.5. The lowest BCUT2D eigenvalue weighted by atomic mass is 9.95. The molecule has 1 amide bonds. The van der Waals surface area contributed by atoms with Gasteiger partial charge in [0.15, 0.2) is 0 Å². The monoisotopic (exact) mass is 331 g/mol. The summed E-state index contributed by atoms with van der Waals surface area (Å²) in [6, 6.07) is 7.22. The molecule has 0 saturated carbocycles. The molecule has 0 fully saturated rings. The van der Waals surface area contributed by atoms with Gasteiger partial charge in [-0.25, -0.2) is 0 Å².